The van der Waals surface area contributed by atoms with Crippen LogP contribution in [0.15, 0.2) is 41.5 Å². The third-order valence-electron chi connectivity index (χ3n) is 2.56. The van der Waals surface area contributed by atoms with Gasteiger partial charge < -0.3 is 0 Å². The number of nitrogens with zero attached hydrogens (tertiary/aromatic N) is 1. The molecule has 6 heteroatoms. The molecule has 0 saturated carbocycles. The van der Waals surface area contributed by atoms with Crippen molar-refractivity contribution < 1.29 is 4.79 Å². The Morgan fingerprint density at radius 1 is 1.20 bits per heavy atom. The SMILES string of the molecule is C/C(=N\NC(=O)Cc1ccc(Cl)cc1)c1ccc(Cl)s1. The predicted octanol–water partition coefficient (Wildman–Crippen LogP) is 4.14. The second-order valence-corrected chi connectivity index (χ2v) is 6.29. The van der Waals surface area contributed by atoms with E-state index in [9.17, 15) is 4.79 Å². The summed E-state index contributed by atoms with van der Waals surface area (Å²) in [6.45, 7) is 1.82. The van der Waals surface area contributed by atoms with Gasteiger partial charge in [0.1, 0.15) is 0 Å². The molecule has 0 saturated heterocycles. The quantitative estimate of drug-likeness (QED) is 0.665. The van der Waals surface area contributed by atoms with Crippen molar-refractivity contribution in [2.45, 2.75) is 13.3 Å². The average molecular weight is 327 g/mol. The van der Waals surface area contributed by atoms with E-state index >= 15 is 0 Å². The summed E-state index contributed by atoms with van der Waals surface area (Å²) in [5.74, 6) is -0.172. The van der Waals surface area contributed by atoms with Crippen LogP contribution in [-0.2, 0) is 11.2 Å². The summed E-state index contributed by atoms with van der Waals surface area (Å²) in [5, 5.41) is 4.71. The third kappa shape index (κ3) is 4.34. The second kappa shape index (κ2) is 6.88. The van der Waals surface area contributed by atoms with Gasteiger partial charge in [0.25, 0.3) is 0 Å². The maximum atomic E-state index is 11.8. The first kappa shape index (κ1) is 15.0. The van der Waals surface area contributed by atoms with Crippen molar-refractivity contribution in [1.82, 2.24) is 5.43 Å². The van der Waals surface area contributed by atoms with Gasteiger partial charge in [-0.1, -0.05) is 35.3 Å². The number of hydrogen-bond acceptors (Lipinski definition) is 3. The molecule has 1 aromatic carbocycles. The van der Waals surface area contributed by atoms with E-state index in [1.165, 1.54) is 11.3 Å². The lowest BCUT2D eigenvalue weighted by molar-refractivity contribution is -0.120. The Morgan fingerprint density at radius 2 is 1.90 bits per heavy atom. The largest absolute Gasteiger partial charge is 0.273 e. The van der Waals surface area contributed by atoms with Gasteiger partial charge in [-0.3, -0.25) is 4.79 Å². The maximum absolute atomic E-state index is 11.8. The fourth-order valence-electron chi connectivity index (χ4n) is 1.54. The van der Waals surface area contributed by atoms with E-state index in [4.69, 9.17) is 23.2 Å². The van der Waals surface area contributed by atoms with Gasteiger partial charge in [0.15, 0.2) is 0 Å². The van der Waals surface area contributed by atoms with E-state index in [1.54, 1.807) is 18.2 Å². The molecule has 1 heterocycles. The Bertz CT molecular complexity index is 635. The van der Waals surface area contributed by atoms with Gasteiger partial charge in [-0.15, -0.1) is 11.3 Å². The van der Waals surface area contributed by atoms with Crippen LogP contribution < -0.4 is 5.43 Å². The number of carbonyl (C=O) groups is 1. The summed E-state index contributed by atoms with van der Waals surface area (Å²) in [4.78, 5) is 12.7. The Kier molecular flexibility index (Phi) is 5.17. The highest BCUT2D eigenvalue weighted by molar-refractivity contribution is 7.18. The number of benzene rings is 1. The molecule has 3 nitrogen and oxygen atoms in total. The Balaban J connectivity index is 1.93. The van der Waals surface area contributed by atoms with Crippen molar-refractivity contribution in [2.75, 3.05) is 0 Å². The first-order valence-electron chi connectivity index (χ1n) is 5.88. The smallest absolute Gasteiger partial charge is 0.244 e. The van der Waals surface area contributed by atoms with Crippen LogP contribution >= 0.6 is 34.5 Å². The van der Waals surface area contributed by atoms with Crippen molar-refractivity contribution in [3.05, 3.63) is 56.2 Å². The average Bonchev–Trinajstić information content (AvgIpc) is 2.85. The predicted molar refractivity (Wildman–Crippen MR) is 84.8 cm³/mol. The van der Waals surface area contributed by atoms with Crippen molar-refractivity contribution in [1.29, 1.82) is 0 Å². The summed E-state index contributed by atoms with van der Waals surface area (Å²) >= 11 is 13.1. The second-order valence-electron chi connectivity index (χ2n) is 4.14. The molecular formula is C14H12Cl2N2OS. The molecule has 1 aromatic heterocycles. The molecule has 0 atom stereocenters. The zero-order valence-corrected chi connectivity index (χ0v) is 13.0. The molecule has 1 N–H and O–H groups in total. The number of halogens is 2. The number of carbonyl (C=O) groups excluding carboxylic acids is 1. The first-order chi connectivity index (χ1) is 9.54. The summed E-state index contributed by atoms with van der Waals surface area (Å²) in [6, 6.07) is 10.8. The number of amides is 1. The van der Waals surface area contributed by atoms with Gasteiger partial charge in [-0.25, -0.2) is 5.43 Å². The molecule has 20 heavy (non-hydrogen) atoms. The normalized spacial score (nSPS) is 11.4. The van der Waals surface area contributed by atoms with E-state index in [1.807, 2.05) is 25.1 Å². The highest BCUT2D eigenvalue weighted by Gasteiger charge is 2.05. The third-order valence-corrected chi connectivity index (χ3v) is 4.15. The van der Waals surface area contributed by atoms with Crippen LogP contribution in [0.1, 0.15) is 17.4 Å². The van der Waals surface area contributed by atoms with Crippen LogP contribution in [0.5, 0.6) is 0 Å². The van der Waals surface area contributed by atoms with Crippen LogP contribution in [-0.4, -0.2) is 11.6 Å². The molecular weight excluding hydrogens is 315 g/mol. The lowest BCUT2D eigenvalue weighted by Crippen LogP contribution is -2.21. The van der Waals surface area contributed by atoms with Crippen LogP contribution in [0.2, 0.25) is 9.36 Å². The van der Waals surface area contributed by atoms with Crippen LogP contribution in [0.3, 0.4) is 0 Å². The van der Waals surface area contributed by atoms with Gasteiger partial charge >= 0.3 is 0 Å². The minimum atomic E-state index is -0.172. The molecule has 0 radical (unpaired) electrons. The number of thiophene rings is 1. The molecule has 0 aliphatic carbocycles. The highest BCUT2D eigenvalue weighted by Crippen LogP contribution is 2.21. The van der Waals surface area contributed by atoms with E-state index in [2.05, 4.69) is 10.5 Å². The monoisotopic (exact) mass is 326 g/mol. The van der Waals surface area contributed by atoms with E-state index < -0.39 is 0 Å². The molecule has 0 spiro atoms. The lowest BCUT2D eigenvalue weighted by Gasteiger charge is -2.02. The topological polar surface area (TPSA) is 41.5 Å². The molecule has 0 aliphatic rings. The number of hydrogen-bond donors (Lipinski definition) is 1. The van der Waals surface area contributed by atoms with Gasteiger partial charge in [0.05, 0.1) is 21.3 Å². The lowest BCUT2D eigenvalue weighted by atomic mass is 10.1. The summed E-state index contributed by atoms with van der Waals surface area (Å²) < 4.78 is 0.696. The highest BCUT2D eigenvalue weighted by atomic mass is 35.5. The van der Waals surface area contributed by atoms with Crippen molar-refractivity contribution in [3.8, 4) is 0 Å². The number of hydrazone groups is 1. The fraction of sp³-hybridized carbons (Fsp3) is 0.143. The Labute approximate surface area is 131 Å². The fourth-order valence-corrected chi connectivity index (χ4v) is 2.65. The van der Waals surface area contributed by atoms with Gasteiger partial charge in [-0.05, 0) is 36.8 Å². The summed E-state index contributed by atoms with van der Waals surface area (Å²) in [5.41, 5.74) is 4.15. The Morgan fingerprint density at radius 3 is 2.50 bits per heavy atom. The Hall–Kier alpha value is -1.36. The van der Waals surface area contributed by atoms with Crippen molar-refractivity contribution >= 4 is 46.2 Å². The van der Waals surface area contributed by atoms with Gasteiger partial charge in [0, 0.05) is 5.02 Å². The first-order valence-corrected chi connectivity index (χ1v) is 7.45. The van der Waals surface area contributed by atoms with Crippen LogP contribution in [0, 0.1) is 0 Å². The van der Waals surface area contributed by atoms with E-state index in [-0.39, 0.29) is 12.3 Å². The molecule has 104 valence electrons. The van der Waals surface area contributed by atoms with Gasteiger partial charge in [-0.2, -0.15) is 5.10 Å². The molecule has 0 aliphatic heterocycles. The van der Waals surface area contributed by atoms with Crippen molar-refractivity contribution in [3.63, 3.8) is 0 Å². The standard InChI is InChI=1S/C14H12Cl2N2OS/c1-9(12-6-7-13(16)20-12)17-18-14(19)8-10-2-4-11(15)5-3-10/h2-7H,8H2,1H3,(H,18,19)/b17-9+. The minimum Gasteiger partial charge on any atom is -0.273 e. The van der Waals surface area contributed by atoms with Crippen LogP contribution in [0.4, 0.5) is 0 Å². The molecule has 2 rings (SSSR count). The molecule has 2 aromatic rings. The zero-order valence-electron chi connectivity index (χ0n) is 10.7. The molecule has 0 unspecified atom stereocenters. The minimum absolute atomic E-state index is 0.172. The molecule has 0 fully saturated rings. The summed E-state index contributed by atoms with van der Waals surface area (Å²) in [7, 11) is 0. The van der Waals surface area contributed by atoms with Gasteiger partial charge in [0.2, 0.25) is 5.91 Å². The maximum Gasteiger partial charge on any atom is 0.244 e. The van der Waals surface area contributed by atoms with E-state index in [0.717, 1.165) is 16.2 Å². The van der Waals surface area contributed by atoms with E-state index in [0.29, 0.717) is 9.36 Å². The van der Waals surface area contributed by atoms with Crippen LogP contribution in [0.25, 0.3) is 0 Å². The number of nitrogens with one attached hydrogen (secondary N) is 1. The number of rotatable bonds is 4. The zero-order chi connectivity index (χ0) is 14.5. The molecule has 1 amide bonds. The summed E-state index contributed by atoms with van der Waals surface area (Å²) in [6.07, 6.45) is 0.263. The van der Waals surface area contributed by atoms with Crippen molar-refractivity contribution in [2.24, 2.45) is 5.10 Å². The molecule has 0 bridgehead atoms.